The molecule has 0 radical (unpaired) electrons. The van der Waals surface area contributed by atoms with Gasteiger partial charge in [-0.05, 0) is 48.9 Å². The van der Waals surface area contributed by atoms with Gasteiger partial charge in [-0.15, -0.1) is 0 Å². The second-order valence-corrected chi connectivity index (χ2v) is 6.60. The van der Waals surface area contributed by atoms with Crippen LogP contribution in [0, 0.1) is 6.92 Å². The van der Waals surface area contributed by atoms with Crippen LogP contribution in [-0.2, 0) is 0 Å². The molecule has 0 aliphatic carbocycles. The van der Waals surface area contributed by atoms with Gasteiger partial charge in [0, 0.05) is 27.7 Å². The Morgan fingerprint density at radius 2 is 1.88 bits per heavy atom. The number of hydrogen-bond acceptors (Lipinski definition) is 3. The standard InChI is InChI=1S/C18H16BrN3O2/c1-10-9-15(11(2)14-7-8-16(23)22-21-14)20-17(10)18(24)12-3-5-13(19)6-4-12/h3-9,11,20H,1-2H3,(H,22,23). The molecular formula is C18H16BrN3O2. The van der Waals surface area contributed by atoms with Crippen molar-refractivity contribution >= 4 is 21.7 Å². The van der Waals surface area contributed by atoms with E-state index in [0.29, 0.717) is 11.3 Å². The van der Waals surface area contributed by atoms with Crippen LogP contribution in [0.25, 0.3) is 0 Å². The van der Waals surface area contributed by atoms with Crippen molar-refractivity contribution in [1.82, 2.24) is 15.2 Å². The van der Waals surface area contributed by atoms with Crippen molar-refractivity contribution in [3.63, 3.8) is 0 Å². The maximum absolute atomic E-state index is 12.7. The molecule has 0 bridgehead atoms. The predicted octanol–water partition coefficient (Wildman–Crippen LogP) is 3.55. The maximum atomic E-state index is 12.7. The normalized spacial score (nSPS) is 12.1. The fourth-order valence-electron chi connectivity index (χ4n) is 2.55. The minimum Gasteiger partial charge on any atom is -0.355 e. The first-order chi connectivity index (χ1) is 11.5. The molecule has 122 valence electrons. The summed E-state index contributed by atoms with van der Waals surface area (Å²) < 4.78 is 0.931. The van der Waals surface area contributed by atoms with Crippen molar-refractivity contribution < 1.29 is 4.79 Å². The Balaban J connectivity index is 1.92. The van der Waals surface area contributed by atoms with Gasteiger partial charge in [-0.3, -0.25) is 9.59 Å². The zero-order valence-corrected chi connectivity index (χ0v) is 14.8. The summed E-state index contributed by atoms with van der Waals surface area (Å²) in [7, 11) is 0. The lowest BCUT2D eigenvalue weighted by atomic mass is 10.0. The van der Waals surface area contributed by atoms with Crippen molar-refractivity contribution in [2.24, 2.45) is 0 Å². The molecule has 0 saturated carbocycles. The number of hydrogen-bond donors (Lipinski definition) is 2. The van der Waals surface area contributed by atoms with Crippen LogP contribution in [-0.4, -0.2) is 21.0 Å². The molecule has 3 aromatic rings. The number of aromatic nitrogens is 3. The molecule has 0 fully saturated rings. The molecule has 2 heterocycles. The first-order valence-corrected chi connectivity index (χ1v) is 8.30. The van der Waals surface area contributed by atoms with Gasteiger partial charge in [-0.2, -0.15) is 5.10 Å². The number of aryl methyl sites for hydroxylation is 1. The number of ketones is 1. The van der Waals surface area contributed by atoms with E-state index in [1.807, 2.05) is 32.0 Å². The summed E-state index contributed by atoms with van der Waals surface area (Å²) in [6.07, 6.45) is 0. The number of H-pyrrole nitrogens is 2. The van der Waals surface area contributed by atoms with Crippen LogP contribution in [0.5, 0.6) is 0 Å². The van der Waals surface area contributed by atoms with Gasteiger partial charge in [0.15, 0.2) is 0 Å². The number of halogens is 1. The highest BCUT2D eigenvalue weighted by atomic mass is 79.9. The smallest absolute Gasteiger partial charge is 0.264 e. The molecule has 0 aliphatic rings. The summed E-state index contributed by atoms with van der Waals surface area (Å²) in [5, 5.41) is 6.49. The highest BCUT2D eigenvalue weighted by Gasteiger charge is 2.19. The summed E-state index contributed by atoms with van der Waals surface area (Å²) in [4.78, 5) is 27.0. The summed E-state index contributed by atoms with van der Waals surface area (Å²) in [5.41, 5.74) is 3.47. The Hall–Kier alpha value is -2.47. The fourth-order valence-corrected chi connectivity index (χ4v) is 2.82. The average Bonchev–Trinajstić information content (AvgIpc) is 2.97. The topological polar surface area (TPSA) is 78.6 Å². The SMILES string of the molecule is Cc1cc(C(C)c2ccc(=O)[nH]n2)[nH]c1C(=O)c1ccc(Br)cc1. The van der Waals surface area contributed by atoms with E-state index in [9.17, 15) is 9.59 Å². The first-order valence-electron chi connectivity index (χ1n) is 7.51. The molecule has 1 unspecified atom stereocenters. The zero-order valence-electron chi connectivity index (χ0n) is 13.3. The number of carbonyl (C=O) groups is 1. The number of aromatic amines is 2. The number of benzene rings is 1. The van der Waals surface area contributed by atoms with Gasteiger partial charge in [-0.25, -0.2) is 5.10 Å². The van der Waals surface area contributed by atoms with Crippen molar-refractivity contribution in [1.29, 1.82) is 0 Å². The summed E-state index contributed by atoms with van der Waals surface area (Å²) in [6, 6.07) is 12.4. The monoisotopic (exact) mass is 385 g/mol. The van der Waals surface area contributed by atoms with E-state index in [1.165, 1.54) is 6.07 Å². The second kappa shape index (κ2) is 6.57. The van der Waals surface area contributed by atoms with Crippen LogP contribution in [0.15, 0.2) is 51.7 Å². The van der Waals surface area contributed by atoms with Gasteiger partial charge >= 0.3 is 0 Å². The summed E-state index contributed by atoms with van der Waals surface area (Å²) in [5.74, 6) is -0.111. The van der Waals surface area contributed by atoms with Crippen molar-refractivity contribution in [3.8, 4) is 0 Å². The highest BCUT2D eigenvalue weighted by Crippen LogP contribution is 2.24. The Bertz CT molecular complexity index is 921. The second-order valence-electron chi connectivity index (χ2n) is 5.69. The summed E-state index contributed by atoms with van der Waals surface area (Å²) >= 11 is 3.37. The average molecular weight is 386 g/mol. The molecule has 0 amide bonds. The van der Waals surface area contributed by atoms with E-state index in [4.69, 9.17) is 0 Å². The third-order valence-electron chi connectivity index (χ3n) is 3.98. The van der Waals surface area contributed by atoms with E-state index in [-0.39, 0.29) is 17.3 Å². The van der Waals surface area contributed by atoms with E-state index >= 15 is 0 Å². The van der Waals surface area contributed by atoms with Gasteiger partial charge in [0.25, 0.3) is 5.56 Å². The Labute approximate surface area is 147 Å². The molecule has 0 aliphatic heterocycles. The predicted molar refractivity (Wildman–Crippen MR) is 95.5 cm³/mol. The van der Waals surface area contributed by atoms with E-state index in [1.54, 1.807) is 18.2 Å². The van der Waals surface area contributed by atoms with Gasteiger partial charge in [0.1, 0.15) is 0 Å². The van der Waals surface area contributed by atoms with Crippen LogP contribution in [0.4, 0.5) is 0 Å². The molecule has 2 N–H and O–H groups in total. The van der Waals surface area contributed by atoms with E-state index < -0.39 is 0 Å². The Kier molecular flexibility index (Phi) is 4.49. The molecule has 1 aromatic carbocycles. The van der Waals surface area contributed by atoms with Crippen LogP contribution in [0.1, 0.15) is 45.8 Å². The molecule has 5 nitrogen and oxygen atoms in total. The maximum Gasteiger partial charge on any atom is 0.264 e. The number of nitrogens with zero attached hydrogens (tertiary/aromatic N) is 1. The number of carbonyl (C=O) groups excluding carboxylic acids is 1. The van der Waals surface area contributed by atoms with Crippen LogP contribution in [0.3, 0.4) is 0 Å². The van der Waals surface area contributed by atoms with Gasteiger partial charge in [0.05, 0.1) is 11.4 Å². The molecule has 3 rings (SSSR count). The van der Waals surface area contributed by atoms with E-state index in [0.717, 1.165) is 21.4 Å². The quantitative estimate of drug-likeness (QED) is 0.673. The molecule has 0 saturated heterocycles. The third kappa shape index (κ3) is 3.23. The molecule has 24 heavy (non-hydrogen) atoms. The zero-order chi connectivity index (χ0) is 17.3. The van der Waals surface area contributed by atoms with Crippen LogP contribution < -0.4 is 5.56 Å². The van der Waals surface area contributed by atoms with Crippen molar-refractivity contribution in [3.05, 3.63) is 85.5 Å². The van der Waals surface area contributed by atoms with Crippen LogP contribution in [0.2, 0.25) is 0 Å². The molecule has 2 aromatic heterocycles. The van der Waals surface area contributed by atoms with Crippen LogP contribution >= 0.6 is 15.9 Å². The lowest BCUT2D eigenvalue weighted by molar-refractivity contribution is 0.103. The Morgan fingerprint density at radius 1 is 1.17 bits per heavy atom. The number of nitrogens with one attached hydrogen (secondary N) is 2. The van der Waals surface area contributed by atoms with Gasteiger partial charge in [0.2, 0.25) is 5.78 Å². The van der Waals surface area contributed by atoms with Crippen molar-refractivity contribution in [2.75, 3.05) is 0 Å². The largest absolute Gasteiger partial charge is 0.355 e. The molecule has 6 heteroatoms. The summed E-state index contributed by atoms with van der Waals surface area (Å²) in [6.45, 7) is 3.87. The first kappa shape index (κ1) is 16.4. The lowest BCUT2D eigenvalue weighted by Gasteiger charge is -2.08. The number of rotatable bonds is 4. The van der Waals surface area contributed by atoms with E-state index in [2.05, 4.69) is 31.1 Å². The van der Waals surface area contributed by atoms with Crippen molar-refractivity contribution in [2.45, 2.75) is 19.8 Å². The minimum atomic E-state index is -0.236. The third-order valence-corrected chi connectivity index (χ3v) is 4.51. The lowest BCUT2D eigenvalue weighted by Crippen LogP contribution is -2.10. The Morgan fingerprint density at radius 3 is 2.50 bits per heavy atom. The molecular weight excluding hydrogens is 370 g/mol. The molecule has 1 atom stereocenters. The molecule has 0 spiro atoms. The highest BCUT2D eigenvalue weighted by molar-refractivity contribution is 9.10. The fraction of sp³-hybridized carbons (Fsp3) is 0.167. The van der Waals surface area contributed by atoms with Gasteiger partial charge < -0.3 is 4.98 Å². The minimum absolute atomic E-state index is 0.0483. The van der Waals surface area contributed by atoms with Gasteiger partial charge in [-0.1, -0.05) is 22.9 Å².